The zero-order valence-electron chi connectivity index (χ0n) is 11.1. The number of nitrogen functional groups attached to an aromatic ring is 1. The van der Waals surface area contributed by atoms with Gasteiger partial charge in [0.2, 0.25) is 5.95 Å². The minimum Gasteiger partial charge on any atom is -0.394 e. The Morgan fingerprint density at radius 1 is 1.38 bits per heavy atom. The minimum absolute atomic E-state index is 0.0550. The molecule has 6 N–H and O–H groups in total. The number of aryl methyl sites for hydroxylation is 1. The van der Waals surface area contributed by atoms with Crippen LogP contribution in [-0.4, -0.2) is 59.8 Å². The Bertz CT molecular complexity index is 740. The van der Waals surface area contributed by atoms with Crippen LogP contribution in [-0.2, 0) is 4.74 Å². The first-order valence-electron chi connectivity index (χ1n) is 6.30. The molecule has 0 unspecified atom stereocenters. The van der Waals surface area contributed by atoms with Gasteiger partial charge in [0.15, 0.2) is 17.4 Å². The summed E-state index contributed by atoms with van der Waals surface area (Å²) in [6.45, 7) is 1.16. The van der Waals surface area contributed by atoms with Crippen molar-refractivity contribution in [3.05, 3.63) is 16.2 Å². The maximum atomic E-state index is 11.8. The van der Waals surface area contributed by atoms with E-state index in [9.17, 15) is 15.0 Å². The summed E-state index contributed by atoms with van der Waals surface area (Å²) >= 11 is 0. The second-order valence-corrected chi connectivity index (χ2v) is 4.88. The average Bonchev–Trinajstić information content (AvgIpc) is 2.89. The topological polar surface area (TPSA) is 160 Å². The molecule has 0 bridgehead atoms. The van der Waals surface area contributed by atoms with Crippen molar-refractivity contribution in [1.82, 2.24) is 19.5 Å². The number of ether oxygens (including phenoxy) is 1. The van der Waals surface area contributed by atoms with E-state index in [1.165, 1.54) is 4.57 Å². The molecule has 0 amide bonds. The molecule has 2 aromatic rings. The van der Waals surface area contributed by atoms with E-state index in [-0.39, 0.29) is 17.1 Å². The zero-order chi connectivity index (χ0) is 15.3. The number of nitrogens with two attached hydrogens (primary N) is 1. The Morgan fingerprint density at radius 2 is 2.10 bits per heavy atom. The van der Waals surface area contributed by atoms with Gasteiger partial charge >= 0.3 is 0 Å². The van der Waals surface area contributed by atoms with E-state index < -0.39 is 36.7 Å². The number of hydrogen-bond acceptors (Lipinski definition) is 8. The molecule has 1 aliphatic heterocycles. The number of rotatable bonds is 2. The lowest BCUT2D eigenvalue weighted by Crippen LogP contribution is -2.33. The molecule has 114 valence electrons. The van der Waals surface area contributed by atoms with E-state index in [0.717, 1.165) is 0 Å². The van der Waals surface area contributed by atoms with Gasteiger partial charge in [-0.1, -0.05) is 0 Å². The third-order valence-corrected chi connectivity index (χ3v) is 3.52. The van der Waals surface area contributed by atoms with Gasteiger partial charge in [0.1, 0.15) is 24.1 Å². The second kappa shape index (κ2) is 4.77. The van der Waals surface area contributed by atoms with Crippen molar-refractivity contribution in [2.75, 3.05) is 12.3 Å². The molecule has 1 saturated heterocycles. The first-order valence-corrected chi connectivity index (χ1v) is 6.30. The van der Waals surface area contributed by atoms with E-state index in [2.05, 4.69) is 15.0 Å². The summed E-state index contributed by atoms with van der Waals surface area (Å²) in [5.41, 5.74) is 5.21. The highest BCUT2D eigenvalue weighted by atomic mass is 16.6. The highest BCUT2D eigenvalue weighted by Gasteiger charge is 2.44. The van der Waals surface area contributed by atoms with Crippen LogP contribution in [0.15, 0.2) is 4.79 Å². The first kappa shape index (κ1) is 13.9. The molecule has 2 aromatic heterocycles. The number of aromatic nitrogens is 4. The van der Waals surface area contributed by atoms with Crippen LogP contribution in [0.3, 0.4) is 0 Å². The molecule has 10 nitrogen and oxygen atoms in total. The van der Waals surface area contributed by atoms with Crippen molar-refractivity contribution in [3.63, 3.8) is 0 Å². The average molecular weight is 297 g/mol. The van der Waals surface area contributed by atoms with Gasteiger partial charge in [-0.05, 0) is 6.92 Å². The molecule has 3 heterocycles. The number of nitrogens with zero attached hydrogens (tertiary/aromatic N) is 3. The second-order valence-electron chi connectivity index (χ2n) is 4.88. The Balaban J connectivity index is 2.17. The molecule has 0 aliphatic carbocycles. The van der Waals surface area contributed by atoms with Gasteiger partial charge in [-0.3, -0.25) is 14.3 Å². The van der Waals surface area contributed by atoms with Crippen molar-refractivity contribution in [3.8, 4) is 0 Å². The van der Waals surface area contributed by atoms with Crippen molar-refractivity contribution in [1.29, 1.82) is 0 Å². The van der Waals surface area contributed by atoms with Crippen LogP contribution in [0.2, 0.25) is 0 Å². The smallest absolute Gasteiger partial charge is 0.280 e. The lowest BCUT2D eigenvalue weighted by Gasteiger charge is -2.18. The number of hydrogen-bond donors (Lipinski definition) is 5. The standard InChI is InChI=1S/C11H15N5O5/c1-3-13-5-8(14-11(12)15-9(5)20)16(3)10-7(19)6(18)4(2-17)21-10/h4,6-7,10,17-19H,2H2,1H3,(H3,12,14,15,20)/t4-,6-,7-,10-/m1/s1. The molecule has 3 rings (SSSR count). The summed E-state index contributed by atoms with van der Waals surface area (Å²) in [5.74, 6) is 0.267. The number of H-pyrrole nitrogens is 1. The van der Waals surface area contributed by atoms with Gasteiger partial charge in [0.25, 0.3) is 5.56 Å². The third-order valence-electron chi connectivity index (χ3n) is 3.52. The van der Waals surface area contributed by atoms with Crippen molar-refractivity contribution in [2.45, 2.75) is 31.5 Å². The van der Waals surface area contributed by atoms with Gasteiger partial charge in [-0.25, -0.2) is 4.98 Å². The predicted molar refractivity (Wildman–Crippen MR) is 70.3 cm³/mol. The molecule has 1 aliphatic rings. The van der Waals surface area contributed by atoms with Crippen LogP contribution in [0.25, 0.3) is 11.2 Å². The van der Waals surface area contributed by atoms with E-state index >= 15 is 0 Å². The first-order chi connectivity index (χ1) is 9.93. The van der Waals surface area contributed by atoms with Crippen LogP contribution in [0, 0.1) is 6.92 Å². The van der Waals surface area contributed by atoms with Crippen LogP contribution in [0.5, 0.6) is 0 Å². The third kappa shape index (κ3) is 2.00. The lowest BCUT2D eigenvalue weighted by molar-refractivity contribution is -0.0519. The summed E-state index contributed by atoms with van der Waals surface area (Å²) in [7, 11) is 0. The Hall–Kier alpha value is -2.01. The van der Waals surface area contributed by atoms with Crippen LogP contribution >= 0.6 is 0 Å². The maximum absolute atomic E-state index is 11.8. The summed E-state index contributed by atoms with van der Waals surface area (Å²) in [4.78, 5) is 22.2. The quantitative estimate of drug-likeness (QED) is 0.411. The van der Waals surface area contributed by atoms with Crippen LogP contribution in [0.1, 0.15) is 12.1 Å². The van der Waals surface area contributed by atoms with Gasteiger partial charge in [-0.15, -0.1) is 0 Å². The van der Waals surface area contributed by atoms with Crippen molar-refractivity contribution in [2.24, 2.45) is 0 Å². The van der Waals surface area contributed by atoms with Gasteiger partial charge in [0.05, 0.1) is 6.61 Å². The molecule has 0 spiro atoms. The molecule has 0 radical (unpaired) electrons. The number of anilines is 1. The normalized spacial score (nSPS) is 29.3. The molecule has 21 heavy (non-hydrogen) atoms. The van der Waals surface area contributed by atoms with E-state index in [1.807, 2.05) is 0 Å². The maximum Gasteiger partial charge on any atom is 0.280 e. The summed E-state index contributed by atoms with van der Waals surface area (Å²) in [6.07, 6.45) is -4.49. The van der Waals surface area contributed by atoms with Crippen molar-refractivity contribution < 1.29 is 20.1 Å². The summed E-state index contributed by atoms with van der Waals surface area (Å²) in [6, 6.07) is 0. The fraction of sp³-hybridized carbons (Fsp3) is 0.545. The summed E-state index contributed by atoms with van der Waals surface area (Å²) < 4.78 is 6.81. The van der Waals surface area contributed by atoms with Gasteiger partial charge < -0.3 is 25.8 Å². The Morgan fingerprint density at radius 3 is 2.71 bits per heavy atom. The fourth-order valence-electron chi connectivity index (χ4n) is 2.51. The molecular weight excluding hydrogens is 282 g/mol. The molecule has 4 atom stereocenters. The Kier molecular flexibility index (Phi) is 3.17. The molecule has 10 heteroatoms. The molecule has 0 saturated carbocycles. The Labute approximate surface area is 117 Å². The molecule has 1 fully saturated rings. The van der Waals surface area contributed by atoms with Crippen LogP contribution < -0.4 is 11.3 Å². The fourth-order valence-corrected chi connectivity index (χ4v) is 2.51. The number of imidazole rings is 1. The number of fused-ring (bicyclic) bond motifs is 1. The zero-order valence-corrected chi connectivity index (χ0v) is 11.1. The molecular formula is C11H15N5O5. The number of aromatic amines is 1. The minimum atomic E-state index is -1.29. The number of aliphatic hydroxyl groups is 3. The van der Waals surface area contributed by atoms with E-state index in [1.54, 1.807) is 6.92 Å². The monoisotopic (exact) mass is 297 g/mol. The van der Waals surface area contributed by atoms with Crippen LogP contribution in [0.4, 0.5) is 5.95 Å². The lowest BCUT2D eigenvalue weighted by atomic mass is 10.1. The van der Waals surface area contributed by atoms with E-state index in [4.69, 9.17) is 15.6 Å². The predicted octanol–water partition coefficient (Wildman–Crippen LogP) is -2.38. The molecule has 0 aromatic carbocycles. The van der Waals surface area contributed by atoms with Gasteiger partial charge in [0, 0.05) is 0 Å². The number of aliphatic hydroxyl groups excluding tert-OH is 3. The highest BCUT2D eigenvalue weighted by Crippen LogP contribution is 2.32. The largest absolute Gasteiger partial charge is 0.394 e. The van der Waals surface area contributed by atoms with Gasteiger partial charge in [-0.2, -0.15) is 4.98 Å². The summed E-state index contributed by atoms with van der Waals surface area (Å²) in [5, 5.41) is 29.0. The van der Waals surface area contributed by atoms with E-state index in [0.29, 0.717) is 5.82 Å². The SMILES string of the molecule is Cc1nc2c(=O)[nH]c(N)nc2n1[C@@H]1O[C@H](CO)[C@@H](O)[C@H]1O. The highest BCUT2D eigenvalue weighted by molar-refractivity contribution is 5.71. The number of nitrogens with one attached hydrogen (secondary N) is 1. The van der Waals surface area contributed by atoms with Crippen molar-refractivity contribution >= 4 is 17.1 Å².